The van der Waals surface area contributed by atoms with Crippen LogP contribution in [0.2, 0.25) is 0 Å². The Labute approximate surface area is 316 Å². The fourth-order valence-corrected chi connectivity index (χ4v) is 6.92. The van der Waals surface area contributed by atoms with Gasteiger partial charge in [-0.2, -0.15) is 0 Å². The second kappa shape index (κ2) is 22.1. The van der Waals surface area contributed by atoms with Gasteiger partial charge in [-0.1, -0.05) is 51.4 Å². The van der Waals surface area contributed by atoms with E-state index in [9.17, 15) is 14.4 Å². The lowest BCUT2D eigenvalue weighted by molar-refractivity contribution is -0.145. The van der Waals surface area contributed by atoms with E-state index in [1.54, 1.807) is 6.20 Å². The van der Waals surface area contributed by atoms with Crippen molar-refractivity contribution in [2.24, 2.45) is 0 Å². The Morgan fingerprint density at radius 3 is 2.21 bits per heavy atom. The van der Waals surface area contributed by atoms with Crippen molar-refractivity contribution in [3.8, 4) is 11.5 Å². The van der Waals surface area contributed by atoms with Crippen LogP contribution in [0.4, 0.5) is 0 Å². The average molecular weight is 744 g/mol. The van der Waals surface area contributed by atoms with Gasteiger partial charge in [0.1, 0.15) is 24.1 Å². The summed E-state index contributed by atoms with van der Waals surface area (Å²) in [4.78, 5) is 43.4. The molecule has 11 heteroatoms. The number of methoxy groups -OCH3 is 1. The summed E-state index contributed by atoms with van der Waals surface area (Å²) in [5.74, 6) is 1.28. The highest BCUT2D eigenvalue weighted by Gasteiger charge is 2.34. The van der Waals surface area contributed by atoms with Crippen molar-refractivity contribution in [3.05, 3.63) is 40.5 Å². The van der Waals surface area contributed by atoms with E-state index in [1.807, 2.05) is 0 Å². The lowest BCUT2D eigenvalue weighted by Gasteiger charge is -2.31. The number of imidazole rings is 1. The van der Waals surface area contributed by atoms with Crippen LogP contribution in [0.5, 0.6) is 11.5 Å². The number of ether oxygens (including phenoxy) is 3. The second-order valence-corrected chi connectivity index (χ2v) is 18.0. The zero-order valence-electron chi connectivity index (χ0n) is 33.3. The summed E-state index contributed by atoms with van der Waals surface area (Å²) in [5, 5.41) is 5.49. The van der Waals surface area contributed by atoms with E-state index in [0.29, 0.717) is 12.5 Å². The molecule has 1 aromatic heterocycles. The Hall–Kier alpha value is -3.21. The van der Waals surface area contributed by atoms with Crippen LogP contribution in [-0.4, -0.2) is 77.4 Å². The number of carbonyl (C=O) groups is 3. The maximum absolute atomic E-state index is 12.3. The Kier molecular flexibility index (Phi) is 18.4. The van der Waals surface area contributed by atoms with Gasteiger partial charge in [-0.15, -0.1) is 0 Å². The molecule has 1 aliphatic heterocycles. The molecular formula is C41H67N4O6S+. The van der Waals surface area contributed by atoms with Crippen LogP contribution in [-0.2, 0) is 42.9 Å². The first-order valence-corrected chi connectivity index (χ1v) is 21.5. The Bertz CT molecular complexity index is 1410. The number of nitrogens with one attached hydrogen (secondary N) is 3. The minimum atomic E-state index is -0.809. The number of benzene rings is 1. The van der Waals surface area contributed by atoms with E-state index in [0.717, 1.165) is 62.3 Å². The Morgan fingerprint density at radius 2 is 1.60 bits per heavy atom. The molecule has 2 unspecified atom stereocenters. The molecule has 3 N–H and O–H groups in total. The molecule has 3 rings (SSSR count). The monoisotopic (exact) mass is 743 g/mol. The number of hydrogen-bond acceptors (Lipinski definition) is 7. The number of rotatable bonds is 24. The standard InChI is InChI=1S/C41H66N4O6S/c1-29-30(2)39-34(31(3)38(29)50-27-41(4,5)52(7)8)22-21-33(51-39)19-17-15-13-11-9-10-12-14-16-18-20-36(46)43-24-23-37(47)45-35(40(48)49-6)25-32-26-42-28-44-32/h26,28,33,35H,9-25,27H2,1-8H3,(H2-,42,43,44,45,46,47)/p+1. The molecule has 2 amide bonds. The van der Waals surface area contributed by atoms with Crippen LogP contribution in [0, 0.1) is 20.8 Å². The van der Waals surface area contributed by atoms with Gasteiger partial charge in [0.25, 0.3) is 0 Å². The molecule has 0 saturated carbocycles. The number of fused-ring (bicyclic) bond motifs is 1. The summed E-state index contributed by atoms with van der Waals surface area (Å²) >= 11 is 0. The van der Waals surface area contributed by atoms with Gasteiger partial charge < -0.3 is 29.8 Å². The zero-order valence-corrected chi connectivity index (χ0v) is 34.2. The van der Waals surface area contributed by atoms with Crippen molar-refractivity contribution in [1.29, 1.82) is 0 Å². The fourth-order valence-electron chi connectivity index (χ4n) is 6.62. The molecule has 0 spiro atoms. The smallest absolute Gasteiger partial charge is 0.328 e. The molecule has 2 heterocycles. The number of carbonyl (C=O) groups excluding carboxylic acids is 3. The number of nitrogens with zero attached hydrogens (tertiary/aromatic N) is 1. The van der Waals surface area contributed by atoms with Gasteiger partial charge in [0.2, 0.25) is 11.8 Å². The fraction of sp³-hybridized carbons (Fsp3) is 0.707. The van der Waals surface area contributed by atoms with Gasteiger partial charge in [0.15, 0.2) is 4.75 Å². The summed E-state index contributed by atoms with van der Waals surface area (Å²) in [7, 11) is 1.56. The van der Waals surface area contributed by atoms with E-state index in [1.165, 1.54) is 80.6 Å². The molecule has 1 aliphatic rings. The van der Waals surface area contributed by atoms with E-state index >= 15 is 0 Å². The first-order valence-electron chi connectivity index (χ1n) is 19.4. The molecule has 0 bridgehead atoms. The lowest BCUT2D eigenvalue weighted by Crippen LogP contribution is -2.44. The highest BCUT2D eigenvalue weighted by molar-refractivity contribution is 7.96. The molecule has 0 saturated heterocycles. The predicted molar refractivity (Wildman–Crippen MR) is 211 cm³/mol. The third-order valence-electron chi connectivity index (χ3n) is 10.6. The van der Waals surface area contributed by atoms with Gasteiger partial charge >= 0.3 is 5.97 Å². The van der Waals surface area contributed by atoms with Crippen LogP contribution in [0.25, 0.3) is 0 Å². The van der Waals surface area contributed by atoms with Gasteiger partial charge in [0.05, 0.1) is 32.1 Å². The minimum absolute atomic E-state index is 0.0429. The summed E-state index contributed by atoms with van der Waals surface area (Å²) in [6.45, 7) is 12.1. The van der Waals surface area contributed by atoms with Crippen molar-refractivity contribution >= 4 is 28.7 Å². The Balaban J connectivity index is 1.19. The molecule has 292 valence electrons. The average Bonchev–Trinajstić information content (AvgIpc) is 3.63. The van der Waals surface area contributed by atoms with Crippen LogP contribution in [0.3, 0.4) is 0 Å². The third-order valence-corrected chi connectivity index (χ3v) is 13.0. The first-order chi connectivity index (χ1) is 24.8. The van der Waals surface area contributed by atoms with Crippen LogP contribution >= 0.6 is 0 Å². The number of H-pyrrole nitrogens is 1. The minimum Gasteiger partial charge on any atom is -0.490 e. The van der Waals surface area contributed by atoms with Gasteiger partial charge in [-0.25, -0.2) is 9.78 Å². The number of hydrogen-bond donors (Lipinski definition) is 3. The molecule has 1 aromatic carbocycles. The van der Waals surface area contributed by atoms with E-state index < -0.39 is 12.0 Å². The van der Waals surface area contributed by atoms with Gasteiger partial charge in [0, 0.05) is 43.3 Å². The van der Waals surface area contributed by atoms with Gasteiger partial charge in [-0.05, 0) is 94.3 Å². The van der Waals surface area contributed by atoms with E-state index in [4.69, 9.17) is 14.2 Å². The van der Waals surface area contributed by atoms with Crippen molar-refractivity contribution in [2.45, 2.75) is 154 Å². The molecular weight excluding hydrogens is 677 g/mol. The predicted octanol–water partition coefficient (Wildman–Crippen LogP) is 7.15. The number of amides is 2. The molecule has 0 aliphatic carbocycles. The highest BCUT2D eigenvalue weighted by atomic mass is 32.2. The van der Waals surface area contributed by atoms with E-state index in [-0.39, 0.29) is 46.8 Å². The Morgan fingerprint density at radius 1 is 0.942 bits per heavy atom. The van der Waals surface area contributed by atoms with Crippen molar-refractivity contribution in [2.75, 3.05) is 32.8 Å². The van der Waals surface area contributed by atoms with Crippen molar-refractivity contribution in [1.82, 2.24) is 20.6 Å². The number of unbranched alkanes of at least 4 members (excludes halogenated alkanes) is 9. The molecule has 52 heavy (non-hydrogen) atoms. The maximum atomic E-state index is 12.3. The molecule has 0 fully saturated rings. The SMILES string of the molecule is COC(=O)C(Cc1cnc[nH]1)NC(=O)CCNC(=O)CCCCCCCCCCCCC1CCc2c(C)c(OCC(C)(C)[S+](C)C)c(C)c(C)c2O1. The molecule has 2 atom stereocenters. The topological polar surface area (TPSA) is 132 Å². The summed E-state index contributed by atoms with van der Waals surface area (Å²) in [6, 6.07) is -0.809. The summed E-state index contributed by atoms with van der Waals surface area (Å²) in [5.41, 5.74) is 5.77. The van der Waals surface area contributed by atoms with Gasteiger partial charge in [-0.3, -0.25) is 9.59 Å². The van der Waals surface area contributed by atoms with Crippen LogP contribution < -0.4 is 20.1 Å². The summed E-state index contributed by atoms with van der Waals surface area (Å²) in [6.07, 6.45) is 23.9. The van der Waals surface area contributed by atoms with Crippen LogP contribution in [0.1, 0.15) is 132 Å². The van der Waals surface area contributed by atoms with E-state index in [2.05, 4.69) is 67.7 Å². The molecule has 0 radical (unpaired) electrons. The normalized spacial score (nSPS) is 14.8. The van der Waals surface area contributed by atoms with Crippen molar-refractivity contribution in [3.63, 3.8) is 0 Å². The molecule has 2 aromatic rings. The zero-order chi connectivity index (χ0) is 38.1. The number of esters is 1. The maximum Gasteiger partial charge on any atom is 0.328 e. The highest BCUT2D eigenvalue weighted by Crippen LogP contribution is 2.42. The molecule has 10 nitrogen and oxygen atoms in total. The first kappa shape index (κ1) is 43.2. The third kappa shape index (κ3) is 14.0. The summed E-state index contributed by atoms with van der Waals surface area (Å²) < 4.78 is 18.1. The number of aromatic nitrogens is 2. The van der Waals surface area contributed by atoms with Crippen molar-refractivity contribution < 1.29 is 28.6 Å². The largest absolute Gasteiger partial charge is 0.490 e. The lowest BCUT2D eigenvalue weighted by atomic mass is 9.90. The quantitative estimate of drug-likeness (QED) is 0.0591. The van der Waals surface area contributed by atoms with Crippen LogP contribution in [0.15, 0.2) is 12.5 Å². The number of aromatic amines is 1. The second-order valence-electron chi connectivity index (χ2n) is 15.3.